The molecule has 0 aliphatic rings. The number of hydrogen-bond acceptors (Lipinski definition) is 4. The summed E-state index contributed by atoms with van der Waals surface area (Å²) in [6, 6.07) is -0.171. The Hall–Kier alpha value is -1.69. The number of nitrogens with zero attached hydrogens (tertiary/aromatic N) is 3. The van der Waals surface area contributed by atoms with E-state index in [1.165, 1.54) is 17.3 Å². The molecule has 7 heteroatoms. The van der Waals surface area contributed by atoms with Crippen LogP contribution in [0.3, 0.4) is 0 Å². The lowest BCUT2D eigenvalue weighted by molar-refractivity contribution is -0.119. The molecule has 17 heavy (non-hydrogen) atoms. The van der Waals surface area contributed by atoms with Gasteiger partial charge in [0.15, 0.2) is 0 Å². The summed E-state index contributed by atoms with van der Waals surface area (Å²) in [6.45, 7) is 3.39. The highest BCUT2D eigenvalue weighted by atomic mass is 35.5. The topological polar surface area (TPSA) is 89.2 Å². The van der Waals surface area contributed by atoms with Gasteiger partial charge in [-0.25, -0.2) is 4.98 Å². The predicted molar refractivity (Wildman–Crippen MR) is 62.4 cm³/mol. The normalized spacial score (nSPS) is 10.4. The lowest BCUT2D eigenvalue weighted by atomic mass is 10.2. The van der Waals surface area contributed by atoms with Crippen molar-refractivity contribution >= 4 is 23.4 Å². The number of nitrogens with two attached hydrogens (primary N) is 1. The van der Waals surface area contributed by atoms with E-state index in [-0.39, 0.29) is 23.4 Å². The van der Waals surface area contributed by atoms with Crippen LogP contribution in [0, 0.1) is 0 Å². The summed E-state index contributed by atoms with van der Waals surface area (Å²) in [4.78, 5) is 31.8. The molecule has 0 saturated carbocycles. The van der Waals surface area contributed by atoms with E-state index in [1.807, 2.05) is 0 Å². The fraction of sp³-hybridized carbons (Fsp3) is 0.400. The third kappa shape index (κ3) is 3.67. The largest absolute Gasteiger partial charge is 0.368 e. The first kappa shape index (κ1) is 13.4. The summed E-state index contributed by atoms with van der Waals surface area (Å²) in [5, 5.41) is 0.124. The average Bonchev–Trinajstić information content (AvgIpc) is 2.24. The van der Waals surface area contributed by atoms with Crippen LogP contribution in [0.15, 0.2) is 12.4 Å². The fourth-order valence-electron chi connectivity index (χ4n) is 1.25. The van der Waals surface area contributed by atoms with Gasteiger partial charge < -0.3 is 10.6 Å². The number of rotatable bonds is 4. The van der Waals surface area contributed by atoms with Crippen LogP contribution in [0.2, 0.25) is 5.15 Å². The van der Waals surface area contributed by atoms with E-state index in [0.29, 0.717) is 0 Å². The third-order valence-corrected chi connectivity index (χ3v) is 2.22. The molecule has 0 radical (unpaired) electrons. The van der Waals surface area contributed by atoms with Gasteiger partial charge >= 0.3 is 0 Å². The number of amides is 2. The Bertz CT molecular complexity index is 436. The van der Waals surface area contributed by atoms with E-state index in [0.717, 1.165) is 0 Å². The zero-order chi connectivity index (χ0) is 13.0. The quantitative estimate of drug-likeness (QED) is 0.848. The summed E-state index contributed by atoms with van der Waals surface area (Å²) >= 11 is 5.64. The van der Waals surface area contributed by atoms with Crippen LogP contribution in [-0.2, 0) is 4.79 Å². The lowest BCUT2D eigenvalue weighted by Gasteiger charge is -2.24. The van der Waals surface area contributed by atoms with E-state index < -0.39 is 11.8 Å². The molecular weight excluding hydrogens is 244 g/mol. The molecule has 1 aromatic heterocycles. The van der Waals surface area contributed by atoms with E-state index in [4.69, 9.17) is 17.3 Å². The fourth-order valence-corrected chi connectivity index (χ4v) is 1.40. The number of primary amides is 1. The molecule has 0 spiro atoms. The van der Waals surface area contributed by atoms with Crippen molar-refractivity contribution in [3.05, 3.63) is 23.2 Å². The SMILES string of the molecule is CC(C)N(CC(N)=O)C(=O)c1cncc(Cl)n1. The van der Waals surface area contributed by atoms with Crippen molar-refractivity contribution in [2.75, 3.05) is 6.54 Å². The van der Waals surface area contributed by atoms with Gasteiger partial charge in [0, 0.05) is 6.04 Å². The molecule has 2 N–H and O–H groups in total. The van der Waals surface area contributed by atoms with Crippen molar-refractivity contribution in [1.29, 1.82) is 0 Å². The highest BCUT2D eigenvalue weighted by Crippen LogP contribution is 2.08. The maximum atomic E-state index is 12.0. The molecule has 1 rings (SSSR count). The van der Waals surface area contributed by atoms with Crippen molar-refractivity contribution in [3.63, 3.8) is 0 Å². The molecule has 0 saturated heterocycles. The summed E-state index contributed by atoms with van der Waals surface area (Å²) in [5.41, 5.74) is 5.17. The molecule has 0 aliphatic heterocycles. The van der Waals surface area contributed by atoms with E-state index in [9.17, 15) is 9.59 Å². The summed E-state index contributed by atoms with van der Waals surface area (Å²) in [7, 11) is 0. The van der Waals surface area contributed by atoms with Gasteiger partial charge in [0.25, 0.3) is 5.91 Å². The smallest absolute Gasteiger partial charge is 0.274 e. The molecule has 92 valence electrons. The molecule has 0 fully saturated rings. The minimum Gasteiger partial charge on any atom is -0.368 e. The Kier molecular flexibility index (Phi) is 4.39. The molecule has 1 aromatic rings. The van der Waals surface area contributed by atoms with Crippen LogP contribution >= 0.6 is 11.6 Å². The van der Waals surface area contributed by atoms with Gasteiger partial charge in [-0.1, -0.05) is 11.6 Å². The Morgan fingerprint density at radius 3 is 2.59 bits per heavy atom. The van der Waals surface area contributed by atoms with E-state index in [1.54, 1.807) is 13.8 Å². The molecule has 0 atom stereocenters. The van der Waals surface area contributed by atoms with Gasteiger partial charge in [0.2, 0.25) is 5.91 Å². The van der Waals surface area contributed by atoms with E-state index >= 15 is 0 Å². The second-order valence-corrected chi connectivity index (χ2v) is 4.11. The minimum absolute atomic E-state index is 0.0902. The molecule has 2 amide bonds. The first-order chi connectivity index (χ1) is 7.91. The molecular formula is C10H13ClN4O2. The first-order valence-corrected chi connectivity index (χ1v) is 5.36. The van der Waals surface area contributed by atoms with Crippen LogP contribution in [0.4, 0.5) is 0 Å². The number of carbonyl (C=O) groups is 2. The van der Waals surface area contributed by atoms with Crippen LogP contribution in [0.5, 0.6) is 0 Å². The van der Waals surface area contributed by atoms with Gasteiger partial charge in [-0.3, -0.25) is 14.6 Å². The third-order valence-electron chi connectivity index (χ3n) is 2.03. The molecule has 0 bridgehead atoms. The van der Waals surface area contributed by atoms with Crippen molar-refractivity contribution in [3.8, 4) is 0 Å². The van der Waals surface area contributed by atoms with Crippen molar-refractivity contribution < 1.29 is 9.59 Å². The van der Waals surface area contributed by atoms with Crippen molar-refractivity contribution in [2.45, 2.75) is 19.9 Å². The van der Waals surface area contributed by atoms with E-state index in [2.05, 4.69) is 9.97 Å². The zero-order valence-electron chi connectivity index (χ0n) is 9.55. The van der Waals surface area contributed by atoms with Gasteiger partial charge in [0.1, 0.15) is 10.8 Å². The molecule has 1 heterocycles. The first-order valence-electron chi connectivity index (χ1n) is 4.98. The Balaban J connectivity index is 2.95. The summed E-state index contributed by atoms with van der Waals surface area (Å²) in [5.74, 6) is -1.00. The summed E-state index contributed by atoms with van der Waals surface area (Å²) < 4.78 is 0. The number of carbonyl (C=O) groups excluding carboxylic acids is 2. The molecule has 0 aromatic carbocycles. The second kappa shape index (κ2) is 5.58. The molecule has 0 unspecified atom stereocenters. The minimum atomic E-state index is -0.581. The highest BCUT2D eigenvalue weighted by molar-refractivity contribution is 6.29. The maximum absolute atomic E-state index is 12.0. The Morgan fingerprint density at radius 1 is 1.47 bits per heavy atom. The summed E-state index contributed by atoms with van der Waals surface area (Å²) in [6.07, 6.45) is 2.62. The number of halogens is 1. The standard InChI is InChI=1S/C10H13ClN4O2/c1-6(2)15(5-9(12)16)10(17)7-3-13-4-8(11)14-7/h3-4,6H,5H2,1-2H3,(H2,12,16). The Morgan fingerprint density at radius 2 is 2.12 bits per heavy atom. The number of hydrogen-bond donors (Lipinski definition) is 1. The van der Waals surface area contributed by atoms with Crippen LogP contribution in [-0.4, -0.2) is 39.3 Å². The highest BCUT2D eigenvalue weighted by Gasteiger charge is 2.21. The van der Waals surface area contributed by atoms with Gasteiger partial charge in [-0.2, -0.15) is 0 Å². The van der Waals surface area contributed by atoms with Crippen LogP contribution in [0.1, 0.15) is 24.3 Å². The zero-order valence-corrected chi connectivity index (χ0v) is 10.3. The average molecular weight is 257 g/mol. The Labute approximate surface area is 104 Å². The van der Waals surface area contributed by atoms with Crippen molar-refractivity contribution in [1.82, 2.24) is 14.9 Å². The van der Waals surface area contributed by atoms with Crippen LogP contribution in [0.25, 0.3) is 0 Å². The monoisotopic (exact) mass is 256 g/mol. The lowest BCUT2D eigenvalue weighted by Crippen LogP contribution is -2.43. The molecule has 6 nitrogen and oxygen atoms in total. The predicted octanol–water partition coefficient (Wildman–Crippen LogP) is 0.466. The van der Waals surface area contributed by atoms with Crippen LogP contribution < -0.4 is 5.73 Å². The molecule has 0 aliphatic carbocycles. The number of aromatic nitrogens is 2. The maximum Gasteiger partial charge on any atom is 0.274 e. The van der Waals surface area contributed by atoms with Gasteiger partial charge in [-0.05, 0) is 13.8 Å². The van der Waals surface area contributed by atoms with Gasteiger partial charge in [0.05, 0.1) is 18.9 Å². The van der Waals surface area contributed by atoms with Gasteiger partial charge in [-0.15, -0.1) is 0 Å². The van der Waals surface area contributed by atoms with Crippen molar-refractivity contribution in [2.24, 2.45) is 5.73 Å². The second-order valence-electron chi connectivity index (χ2n) is 3.72.